The van der Waals surface area contributed by atoms with E-state index in [1.165, 1.54) is 63.1 Å². The Bertz CT molecular complexity index is 3900. The fraction of sp³-hybridized carbons (Fsp3) is 0.652. The van der Waals surface area contributed by atoms with Crippen molar-refractivity contribution in [2.24, 2.45) is 52.5 Å². The molecule has 32 nitrogen and oxygen atoms in total. The number of hydrogen-bond acceptors (Lipinski definition) is 16. The van der Waals surface area contributed by atoms with Crippen LogP contribution in [0, 0.1) is 55.9 Å². The second kappa shape index (κ2) is 35.4. The Morgan fingerprint density at radius 1 is 0.371 bits per heavy atom. The van der Waals surface area contributed by atoms with Crippen LogP contribution in [-0.4, -0.2) is 254 Å². The molecule has 12 N–H and O–H groups in total. The van der Waals surface area contributed by atoms with E-state index in [1.807, 2.05) is 6.92 Å². The Labute approximate surface area is 652 Å². The van der Waals surface area contributed by atoms with Gasteiger partial charge in [0, 0.05) is 83.1 Å². The van der Waals surface area contributed by atoms with Crippen molar-refractivity contribution in [3.63, 3.8) is 0 Å². The number of piperidine rings is 4. The molecule has 0 radical (unpaired) electrons. The van der Waals surface area contributed by atoms with Crippen LogP contribution in [0.4, 0.5) is 89.1 Å². The second-order valence-corrected chi connectivity index (χ2v) is 30.4. The topological polar surface area (TPSA) is 390 Å². The van der Waals surface area contributed by atoms with E-state index in [9.17, 15) is 104 Å². The van der Waals surface area contributed by atoms with Gasteiger partial charge in [-0.15, -0.1) is 0 Å². The molecule has 4 aliphatic heterocycles. The van der Waals surface area contributed by atoms with Crippen molar-refractivity contribution in [3.05, 3.63) is 92.7 Å². The number of carbonyl (C=O) groups excluding carboxylic acids is 8. The number of amides is 8. The summed E-state index contributed by atoms with van der Waals surface area (Å²) in [6.07, 6.45) is -12.9. The lowest BCUT2D eigenvalue weighted by Crippen LogP contribution is -2.50. The lowest BCUT2D eigenvalue weighted by Gasteiger charge is -2.38. The number of likely N-dealkylation sites (tertiary alicyclic amines) is 4. The number of rotatable bonds is 24. The van der Waals surface area contributed by atoms with Crippen molar-refractivity contribution < 1.29 is 104 Å². The Balaban J connectivity index is 0.000000177. The van der Waals surface area contributed by atoms with Gasteiger partial charge in [0.15, 0.2) is 23.3 Å². The van der Waals surface area contributed by atoms with Gasteiger partial charge in [-0.25, -0.2) is 39.5 Å². The Kier molecular flexibility index (Phi) is 27.3. The number of primary amides is 4. The fourth-order valence-electron chi connectivity index (χ4n) is 14.3. The molecule has 4 aliphatic carbocycles. The predicted octanol–water partition coefficient (Wildman–Crippen LogP) is 6.50. The van der Waals surface area contributed by atoms with Crippen molar-refractivity contribution >= 4 is 70.5 Å². The molecule has 0 aromatic carbocycles. The maximum atomic E-state index is 13.1. The molecule has 8 aliphatic rings. The molecule has 4 saturated heterocycles. The van der Waals surface area contributed by atoms with Gasteiger partial charge in [-0.1, -0.05) is 6.92 Å². The molecule has 12 rings (SSSR count). The van der Waals surface area contributed by atoms with Crippen LogP contribution < -0.4 is 44.2 Å². The maximum Gasteiger partial charge on any atom is 0.401 e. The number of hydrogen-bond donors (Lipinski definition) is 8. The molecule has 4 aromatic heterocycles. The second-order valence-electron chi connectivity index (χ2n) is 30.4. The Morgan fingerprint density at radius 2 is 0.543 bits per heavy atom. The van der Waals surface area contributed by atoms with E-state index < -0.39 is 151 Å². The van der Waals surface area contributed by atoms with Crippen molar-refractivity contribution in [2.75, 3.05) is 126 Å². The average Bonchev–Trinajstić information content (AvgIpc) is 1.62. The number of nitrogens with one attached hydrogen (secondary N) is 4. The number of alkyl halides is 15. The summed E-state index contributed by atoms with van der Waals surface area (Å²) in [5, 5.41) is 26.7. The maximum absolute atomic E-state index is 13.1. The summed E-state index contributed by atoms with van der Waals surface area (Å²) in [6, 6.07) is 0. The molecular weight excluding hydrogens is 1580 g/mol. The van der Waals surface area contributed by atoms with Crippen LogP contribution in [0.25, 0.3) is 19.4 Å². The average molecular weight is 1660 g/mol. The summed E-state index contributed by atoms with van der Waals surface area (Å²) in [6.45, 7) is 27.5. The number of halogens is 15. The van der Waals surface area contributed by atoms with Gasteiger partial charge in [-0.2, -0.15) is 73.1 Å². The minimum Gasteiger partial charge on any atom is -0.365 e. The first-order valence-corrected chi connectivity index (χ1v) is 36.4. The van der Waals surface area contributed by atoms with Crippen LogP contribution in [0.3, 0.4) is 0 Å². The lowest BCUT2D eigenvalue weighted by atomic mass is 9.87. The van der Waals surface area contributed by atoms with Gasteiger partial charge in [0.2, 0.25) is 49.8 Å². The highest BCUT2D eigenvalue weighted by molar-refractivity contribution is 6.05. The van der Waals surface area contributed by atoms with E-state index in [0.29, 0.717) is 0 Å². The summed E-state index contributed by atoms with van der Waals surface area (Å²) >= 11 is 0. The molecule has 632 valence electrons. The van der Waals surface area contributed by atoms with Crippen molar-refractivity contribution in [1.29, 1.82) is 0 Å². The zero-order valence-electron chi connectivity index (χ0n) is 62.1. The fourth-order valence-corrected chi connectivity index (χ4v) is 14.3. The number of nitrogens with zero attached hydrogens (tertiary/aromatic N) is 16. The minimum absolute atomic E-state index is 0.000213. The SMILES string of the molecule is [C-]#[N+]CC1(n2cc(C(N)=O)c(NC(=O)[C@@H]3C[C@@H]3F)n2)CCN(CC(F)(F)F)CC1.[C-]#[N+]CC1(n2cc(C(N)=O)c(NC(=O)[C@@H]3C[C@H]3F)n2)CCN(CC(F)(F)F)CC1.[C-]#[N+]CC1(n2cc(C(N)=O)c(NC(=O)[C@H]3C[C@@H]3C)n2)CCN(CC(F)(F)F)CC1.[C-]#[N+]CC1(n2cc(C(N)=O)c(NC(=O)[C@H]3C[C@H]3F)n2)CCN(CC(F)(F)F)CC1. The molecule has 0 bridgehead atoms. The lowest BCUT2D eigenvalue weighted by molar-refractivity contribution is -0.150. The zero-order valence-corrected chi connectivity index (χ0v) is 62.1. The molecule has 0 spiro atoms. The first kappa shape index (κ1) is 89.3. The van der Waals surface area contributed by atoms with Gasteiger partial charge >= 0.3 is 24.7 Å². The number of anilines is 4. The molecule has 8 fully saturated rings. The monoisotopic (exact) mass is 1660 g/mol. The first-order chi connectivity index (χ1) is 54.2. The van der Waals surface area contributed by atoms with Crippen LogP contribution in [0.5, 0.6) is 0 Å². The van der Waals surface area contributed by atoms with E-state index in [-0.39, 0.29) is 212 Å². The van der Waals surface area contributed by atoms with Gasteiger partial charge in [0.1, 0.15) is 62.9 Å². The quantitative estimate of drug-likeness (QED) is 0.0274. The standard InChI is InChI=1S/C18H23F3N6O2.3C17H20F4N6O2/c1-11-7-12(11)16(29)24-15-13(14(22)28)8-27(25-15)17(9-23-2)3-5-26(6-4-17)10-18(19,20)21;3*1-23-8-16(2-4-26(5-3-16)9-17(19,20)21)27-7-11(13(22)28)14(25-27)24-15(29)10-6-12(10)18/h8,11-12H,3-7,9-10H2,1H3,(H2,22,28)(H,24,25,29);3*7,10,12H,2-6,8-9H2,(H2,22,28)(H,24,25,29)/t11-,12-;2*10-,12+;10-,12-/m0101/s1. The molecule has 8 atom stereocenters. The van der Waals surface area contributed by atoms with Crippen LogP contribution in [0.2, 0.25) is 0 Å². The number of carbonyl (C=O) groups is 8. The Hall–Kier alpha value is -10.7. The normalized spacial score (nSPS) is 24.0. The zero-order chi connectivity index (χ0) is 85.6. The van der Waals surface area contributed by atoms with E-state index in [0.717, 1.165) is 6.42 Å². The molecule has 4 saturated carbocycles. The van der Waals surface area contributed by atoms with Crippen LogP contribution in [-0.2, 0) is 41.3 Å². The first-order valence-electron chi connectivity index (χ1n) is 36.4. The molecule has 116 heavy (non-hydrogen) atoms. The third-order valence-electron chi connectivity index (χ3n) is 21.7. The highest BCUT2D eigenvalue weighted by Crippen LogP contribution is 2.43. The molecule has 8 heterocycles. The minimum atomic E-state index is -4.32. The summed E-state index contributed by atoms with van der Waals surface area (Å²) in [5.74, 6) is -8.14. The van der Waals surface area contributed by atoms with Crippen molar-refractivity contribution in [3.8, 4) is 0 Å². The van der Waals surface area contributed by atoms with Gasteiger partial charge in [0.25, 0.3) is 23.6 Å². The molecule has 8 amide bonds. The van der Waals surface area contributed by atoms with Crippen molar-refractivity contribution in [2.45, 2.75) is 149 Å². The van der Waals surface area contributed by atoms with Crippen molar-refractivity contribution in [1.82, 2.24) is 58.7 Å². The third-order valence-corrected chi connectivity index (χ3v) is 21.7. The smallest absolute Gasteiger partial charge is 0.365 e. The Morgan fingerprint density at radius 3 is 0.681 bits per heavy atom. The summed E-state index contributed by atoms with van der Waals surface area (Å²) in [5.41, 5.74) is 17.5. The summed E-state index contributed by atoms with van der Waals surface area (Å²) in [4.78, 5) is 114. The molecule has 0 unspecified atom stereocenters. The highest BCUT2D eigenvalue weighted by atomic mass is 19.4. The van der Waals surface area contributed by atoms with E-state index in [1.54, 1.807) is 0 Å². The highest BCUT2D eigenvalue weighted by Gasteiger charge is 2.52. The summed E-state index contributed by atoms with van der Waals surface area (Å²) < 4.78 is 197. The van der Waals surface area contributed by atoms with Gasteiger partial charge < -0.3 is 63.6 Å². The number of nitrogens with two attached hydrogens (primary N) is 4. The van der Waals surface area contributed by atoms with Gasteiger partial charge in [-0.05, 0) is 83.0 Å². The van der Waals surface area contributed by atoms with E-state index >= 15 is 0 Å². The van der Waals surface area contributed by atoms with E-state index in [4.69, 9.17) is 49.2 Å². The molecule has 47 heteroatoms. The van der Waals surface area contributed by atoms with Gasteiger partial charge in [-0.3, -0.25) is 76.7 Å². The van der Waals surface area contributed by atoms with Crippen LogP contribution in [0.1, 0.15) is 125 Å². The van der Waals surface area contributed by atoms with Gasteiger partial charge in [0.05, 0.1) is 43.9 Å². The van der Waals surface area contributed by atoms with Crippen LogP contribution in [0.15, 0.2) is 24.8 Å². The predicted molar refractivity (Wildman–Crippen MR) is 378 cm³/mol. The largest absolute Gasteiger partial charge is 0.401 e. The molecule has 4 aromatic rings. The van der Waals surface area contributed by atoms with E-state index in [2.05, 4.69) is 61.0 Å². The van der Waals surface area contributed by atoms with Crippen LogP contribution >= 0.6 is 0 Å². The molecular formula is C69H83F15N24O8. The summed E-state index contributed by atoms with van der Waals surface area (Å²) in [7, 11) is 0. The number of aromatic nitrogens is 8. The third kappa shape index (κ3) is 22.9.